The average molecular weight is 248 g/mol. The van der Waals surface area contributed by atoms with Crippen LogP contribution in [-0.2, 0) is 4.79 Å². The van der Waals surface area contributed by atoms with E-state index in [9.17, 15) is 14.7 Å². The summed E-state index contributed by atoms with van der Waals surface area (Å²) < 4.78 is 0. The predicted molar refractivity (Wildman–Crippen MR) is 66.3 cm³/mol. The Hall–Kier alpha value is -2.04. The van der Waals surface area contributed by atoms with Crippen molar-refractivity contribution in [1.29, 1.82) is 0 Å². The van der Waals surface area contributed by atoms with Gasteiger partial charge in [0, 0.05) is 25.7 Å². The number of benzene rings is 1. The van der Waals surface area contributed by atoms with Crippen LogP contribution in [0.5, 0.6) is 5.75 Å². The van der Waals surface area contributed by atoms with E-state index >= 15 is 0 Å². The Morgan fingerprint density at radius 2 is 2.11 bits per heavy atom. The third kappa shape index (κ3) is 2.61. The third-order valence-electron chi connectivity index (χ3n) is 3.05. The number of phenolic OH excluding ortho intramolecular Hbond substituents is 1. The molecule has 1 aliphatic rings. The molecule has 0 radical (unpaired) electrons. The van der Waals surface area contributed by atoms with Gasteiger partial charge >= 0.3 is 0 Å². The molecule has 0 unspecified atom stereocenters. The van der Waals surface area contributed by atoms with Crippen LogP contribution in [0.3, 0.4) is 0 Å². The first-order chi connectivity index (χ1) is 8.58. The lowest BCUT2D eigenvalue weighted by Crippen LogP contribution is -2.38. The van der Waals surface area contributed by atoms with E-state index in [0.717, 1.165) is 6.42 Å². The number of carbonyl (C=O) groups excluding carboxylic acids is 2. The van der Waals surface area contributed by atoms with Gasteiger partial charge in [0.2, 0.25) is 5.91 Å². The molecular formula is C13H16N2O3. The summed E-state index contributed by atoms with van der Waals surface area (Å²) in [5, 5.41) is 9.36. The number of hydrogen-bond acceptors (Lipinski definition) is 3. The van der Waals surface area contributed by atoms with Crippen molar-refractivity contribution in [2.24, 2.45) is 0 Å². The van der Waals surface area contributed by atoms with Crippen molar-refractivity contribution in [2.75, 3.05) is 26.7 Å². The fourth-order valence-electron chi connectivity index (χ4n) is 1.98. The highest BCUT2D eigenvalue weighted by Gasteiger charge is 2.23. The van der Waals surface area contributed by atoms with Gasteiger partial charge in [0.15, 0.2) is 0 Å². The molecule has 0 aromatic heterocycles. The first-order valence-corrected chi connectivity index (χ1v) is 5.90. The Balaban J connectivity index is 2.16. The second kappa shape index (κ2) is 5.08. The van der Waals surface area contributed by atoms with E-state index in [-0.39, 0.29) is 24.1 Å². The van der Waals surface area contributed by atoms with Crippen molar-refractivity contribution < 1.29 is 14.7 Å². The monoisotopic (exact) mass is 248 g/mol. The minimum atomic E-state index is -0.213. The maximum Gasteiger partial charge on any atom is 0.254 e. The van der Waals surface area contributed by atoms with Gasteiger partial charge in [-0.3, -0.25) is 9.59 Å². The summed E-state index contributed by atoms with van der Waals surface area (Å²) in [6, 6.07) is 6.19. The number of phenols is 1. The Labute approximate surface area is 106 Å². The van der Waals surface area contributed by atoms with Gasteiger partial charge in [-0.25, -0.2) is 0 Å². The molecule has 1 aromatic rings. The maximum atomic E-state index is 12.2. The molecule has 1 N–H and O–H groups in total. The molecule has 18 heavy (non-hydrogen) atoms. The minimum absolute atomic E-state index is 0.0546. The molecule has 0 aliphatic carbocycles. The van der Waals surface area contributed by atoms with Crippen LogP contribution < -0.4 is 0 Å². The van der Waals surface area contributed by atoms with Crippen LogP contribution in [0.4, 0.5) is 0 Å². The van der Waals surface area contributed by atoms with Crippen LogP contribution in [0.15, 0.2) is 24.3 Å². The van der Waals surface area contributed by atoms with Crippen LogP contribution >= 0.6 is 0 Å². The topological polar surface area (TPSA) is 60.9 Å². The summed E-state index contributed by atoms with van der Waals surface area (Å²) in [6.07, 6.45) is 0.771. The van der Waals surface area contributed by atoms with Gasteiger partial charge in [0.25, 0.3) is 5.91 Å². The average Bonchev–Trinajstić information content (AvgIpc) is 2.51. The minimum Gasteiger partial charge on any atom is -0.508 e. The second-order valence-electron chi connectivity index (χ2n) is 4.45. The number of carbonyl (C=O) groups is 2. The van der Waals surface area contributed by atoms with Gasteiger partial charge in [-0.1, -0.05) is 6.07 Å². The number of aromatic hydroxyl groups is 1. The highest BCUT2D eigenvalue weighted by atomic mass is 16.3. The molecule has 0 atom stereocenters. The molecule has 96 valence electrons. The quantitative estimate of drug-likeness (QED) is 0.795. The van der Waals surface area contributed by atoms with Crippen LogP contribution in [-0.4, -0.2) is 53.4 Å². The molecule has 2 amide bonds. The van der Waals surface area contributed by atoms with Gasteiger partial charge in [-0.05, 0) is 24.6 Å². The molecule has 5 heteroatoms. The lowest BCUT2D eigenvalue weighted by Gasteiger charge is -2.19. The maximum absolute atomic E-state index is 12.2. The van der Waals surface area contributed by atoms with E-state index in [0.29, 0.717) is 18.7 Å². The SMILES string of the molecule is CN1CCCN(C(=O)c2cccc(O)c2)CC1=O. The molecule has 1 heterocycles. The number of hydrogen-bond donors (Lipinski definition) is 1. The molecule has 2 rings (SSSR count). The molecule has 0 spiro atoms. The van der Waals surface area contributed by atoms with Crippen molar-refractivity contribution in [3.63, 3.8) is 0 Å². The van der Waals surface area contributed by atoms with Crippen molar-refractivity contribution in [1.82, 2.24) is 9.80 Å². The molecule has 5 nitrogen and oxygen atoms in total. The number of rotatable bonds is 1. The second-order valence-corrected chi connectivity index (χ2v) is 4.45. The van der Waals surface area contributed by atoms with E-state index < -0.39 is 0 Å². The number of likely N-dealkylation sites (N-methyl/N-ethyl adjacent to an activating group) is 1. The lowest BCUT2D eigenvalue weighted by atomic mass is 10.2. The zero-order valence-electron chi connectivity index (χ0n) is 10.3. The number of nitrogens with zero attached hydrogens (tertiary/aromatic N) is 2. The molecule has 0 saturated carbocycles. The van der Waals surface area contributed by atoms with E-state index in [2.05, 4.69) is 0 Å². The largest absolute Gasteiger partial charge is 0.508 e. The highest BCUT2D eigenvalue weighted by Crippen LogP contribution is 2.14. The standard InChI is InChI=1S/C13H16N2O3/c1-14-6-3-7-15(9-12(14)17)13(18)10-4-2-5-11(16)8-10/h2,4-5,8,16H,3,6-7,9H2,1H3. The first kappa shape index (κ1) is 12.4. The van der Waals surface area contributed by atoms with Crippen molar-refractivity contribution in [2.45, 2.75) is 6.42 Å². The van der Waals surface area contributed by atoms with E-state index in [1.807, 2.05) is 0 Å². The van der Waals surface area contributed by atoms with Crippen LogP contribution in [0, 0.1) is 0 Å². The van der Waals surface area contributed by atoms with Crippen LogP contribution in [0.2, 0.25) is 0 Å². The number of amides is 2. The summed E-state index contributed by atoms with van der Waals surface area (Å²) in [5.74, 6) is -0.213. The smallest absolute Gasteiger partial charge is 0.254 e. The lowest BCUT2D eigenvalue weighted by molar-refractivity contribution is -0.129. The van der Waals surface area contributed by atoms with Gasteiger partial charge < -0.3 is 14.9 Å². The fourth-order valence-corrected chi connectivity index (χ4v) is 1.98. The summed E-state index contributed by atoms with van der Waals surface area (Å²) in [5.41, 5.74) is 0.410. The highest BCUT2D eigenvalue weighted by molar-refractivity contribution is 5.97. The van der Waals surface area contributed by atoms with Gasteiger partial charge in [-0.2, -0.15) is 0 Å². The summed E-state index contributed by atoms with van der Waals surface area (Å²) in [7, 11) is 1.74. The van der Waals surface area contributed by atoms with Gasteiger partial charge in [0.1, 0.15) is 12.3 Å². The fraction of sp³-hybridized carbons (Fsp3) is 0.385. The third-order valence-corrected chi connectivity index (χ3v) is 3.05. The van der Waals surface area contributed by atoms with Crippen LogP contribution in [0.1, 0.15) is 16.8 Å². The van der Waals surface area contributed by atoms with Gasteiger partial charge in [0.05, 0.1) is 0 Å². The first-order valence-electron chi connectivity index (χ1n) is 5.90. The van der Waals surface area contributed by atoms with Crippen molar-refractivity contribution in [3.8, 4) is 5.75 Å². The van der Waals surface area contributed by atoms with E-state index in [4.69, 9.17) is 0 Å². The predicted octanol–water partition coefficient (Wildman–Crippen LogP) is 0.696. The summed E-state index contributed by atoms with van der Waals surface area (Å²) in [6.45, 7) is 1.33. The summed E-state index contributed by atoms with van der Waals surface area (Å²) >= 11 is 0. The molecule has 1 saturated heterocycles. The Morgan fingerprint density at radius 1 is 1.33 bits per heavy atom. The normalized spacial score (nSPS) is 16.6. The molecule has 1 aromatic carbocycles. The Morgan fingerprint density at radius 3 is 2.83 bits per heavy atom. The zero-order chi connectivity index (χ0) is 13.1. The Kier molecular flexibility index (Phi) is 3.50. The molecular weight excluding hydrogens is 232 g/mol. The molecule has 0 bridgehead atoms. The van der Waals surface area contributed by atoms with Crippen molar-refractivity contribution in [3.05, 3.63) is 29.8 Å². The van der Waals surface area contributed by atoms with Gasteiger partial charge in [-0.15, -0.1) is 0 Å². The molecule has 1 fully saturated rings. The van der Waals surface area contributed by atoms with E-state index in [1.165, 1.54) is 17.0 Å². The zero-order valence-corrected chi connectivity index (χ0v) is 10.3. The summed E-state index contributed by atoms with van der Waals surface area (Å²) in [4.78, 5) is 27.1. The molecule has 1 aliphatic heterocycles. The van der Waals surface area contributed by atoms with E-state index in [1.54, 1.807) is 24.1 Å². The van der Waals surface area contributed by atoms with Crippen LogP contribution in [0.25, 0.3) is 0 Å². The Bertz CT molecular complexity index is 473. The van der Waals surface area contributed by atoms with Crippen molar-refractivity contribution >= 4 is 11.8 Å².